The summed E-state index contributed by atoms with van der Waals surface area (Å²) in [6.07, 6.45) is 23.3. The van der Waals surface area contributed by atoms with Crippen LogP contribution in [0, 0.1) is 11.8 Å². The van der Waals surface area contributed by atoms with Crippen molar-refractivity contribution < 1.29 is 42.3 Å². The van der Waals surface area contributed by atoms with E-state index in [1.165, 1.54) is 17.2 Å². The molecule has 1 radical (unpaired) electrons. The van der Waals surface area contributed by atoms with Crippen LogP contribution in [0.25, 0.3) is 0 Å². The van der Waals surface area contributed by atoms with Crippen molar-refractivity contribution in [1.82, 2.24) is 9.88 Å². The van der Waals surface area contributed by atoms with E-state index in [9.17, 15) is 9.59 Å². The molecule has 0 spiro atoms. The van der Waals surface area contributed by atoms with Crippen molar-refractivity contribution >= 4 is 23.4 Å². The number of Topliss-reactive ketones (excluding diaryl/α,β-unsaturated/α-hetero) is 1. The Bertz CT molecular complexity index is 997. The zero-order valence-electron chi connectivity index (χ0n) is 24.5. The van der Waals surface area contributed by atoms with Crippen molar-refractivity contribution in [1.29, 1.82) is 0 Å². The molecule has 38 heavy (non-hydrogen) atoms. The van der Waals surface area contributed by atoms with Crippen LogP contribution in [-0.2, 0) is 55.1 Å². The fourth-order valence-corrected chi connectivity index (χ4v) is 4.80. The number of nitrogens with zero attached hydrogens (tertiary/aromatic N) is 2. The fourth-order valence-electron chi connectivity index (χ4n) is 3.99. The van der Waals surface area contributed by atoms with Gasteiger partial charge in [0.2, 0.25) is 0 Å². The molecule has 6 heteroatoms. The Kier molecular flexibility index (Phi) is 19.7. The first-order valence-electron chi connectivity index (χ1n) is 13.2. The summed E-state index contributed by atoms with van der Waals surface area (Å²) in [6.45, 7) is 11.5. The van der Waals surface area contributed by atoms with Crippen LogP contribution in [0.4, 0.5) is 0 Å². The molecule has 0 saturated heterocycles. The average molecular weight is 612 g/mol. The largest absolute Gasteiger partial charge is 0.419 e. The summed E-state index contributed by atoms with van der Waals surface area (Å²) < 4.78 is 0. The maximum atomic E-state index is 12.5. The Morgan fingerprint density at radius 3 is 2.53 bits per heavy atom. The molecule has 1 aromatic rings. The van der Waals surface area contributed by atoms with Gasteiger partial charge < -0.3 is 9.69 Å². The zero-order chi connectivity index (χ0) is 27.7. The summed E-state index contributed by atoms with van der Waals surface area (Å²) in [5.41, 5.74) is 4.70. The van der Waals surface area contributed by atoms with Crippen molar-refractivity contribution in [3.8, 4) is 0 Å². The van der Waals surface area contributed by atoms with E-state index in [-0.39, 0.29) is 38.1 Å². The molecule has 0 fully saturated rings. The van der Waals surface area contributed by atoms with E-state index in [2.05, 4.69) is 82.8 Å². The van der Waals surface area contributed by atoms with Gasteiger partial charge in [-0.05, 0) is 71.7 Å². The summed E-state index contributed by atoms with van der Waals surface area (Å²) in [4.78, 5) is 29.7. The van der Waals surface area contributed by atoms with Crippen LogP contribution in [0.2, 0.25) is 0 Å². The molecule has 207 valence electrons. The van der Waals surface area contributed by atoms with Crippen LogP contribution in [0.5, 0.6) is 0 Å². The van der Waals surface area contributed by atoms with E-state index in [1.807, 2.05) is 13.0 Å². The predicted molar refractivity (Wildman–Crippen MR) is 159 cm³/mol. The fraction of sp³-hybridized carbons (Fsp3) is 0.500. The van der Waals surface area contributed by atoms with Crippen LogP contribution in [0.3, 0.4) is 0 Å². The molecule has 0 atom stereocenters. The number of carbonyl (C=O) groups is 1. The number of unbranched alkanes of at least 4 members (excludes halogenated alkanes) is 1. The summed E-state index contributed by atoms with van der Waals surface area (Å²) in [5, 5.41) is 3.28. The standard InChI is InChI=1S/C32H46N2O2S.Y/c1-26(18-19-27(2)20-21-34(6)7)14-12-17-31-33-29(25-37-31)15-8-9-16-30(36)24-32(4,5)23-28(3)13-10-11-22-35;/h10-14,18-20,25H,8-9,15-17,21,23-24H2,1-7H3;/q-2;/b11-10-,19-18+,26-14+,27-20+,28-13+;. The first kappa shape index (κ1) is 36.6. The molecular weight excluding hydrogens is 565 g/mol. The minimum absolute atomic E-state index is 0. The number of ketones is 1. The number of aromatic nitrogens is 1. The van der Waals surface area contributed by atoms with E-state index in [1.54, 1.807) is 23.7 Å². The molecule has 0 N–H and O–H groups in total. The van der Waals surface area contributed by atoms with Crippen LogP contribution in [-0.4, -0.2) is 42.6 Å². The van der Waals surface area contributed by atoms with Crippen LogP contribution < -0.4 is 0 Å². The molecule has 0 amide bonds. The summed E-state index contributed by atoms with van der Waals surface area (Å²) in [6, 6.07) is 0. The van der Waals surface area contributed by atoms with Gasteiger partial charge in [-0.1, -0.05) is 37.1 Å². The Hall–Kier alpha value is -1.40. The first-order valence-corrected chi connectivity index (χ1v) is 14.0. The van der Waals surface area contributed by atoms with Gasteiger partial charge in [0.05, 0.1) is 10.7 Å². The van der Waals surface area contributed by atoms with Crippen molar-refractivity contribution in [2.75, 3.05) is 20.6 Å². The quantitative estimate of drug-likeness (QED) is 0.0743. The molecule has 1 heterocycles. The van der Waals surface area contributed by atoms with Crippen LogP contribution in [0.1, 0.15) is 77.4 Å². The molecule has 0 aliphatic heterocycles. The minimum atomic E-state index is -0.0824. The van der Waals surface area contributed by atoms with Crippen molar-refractivity contribution in [3.63, 3.8) is 0 Å². The predicted octanol–water partition coefficient (Wildman–Crippen LogP) is 7.60. The van der Waals surface area contributed by atoms with E-state index < -0.39 is 0 Å². The van der Waals surface area contributed by atoms with E-state index in [4.69, 9.17) is 4.98 Å². The molecule has 1 aromatic heterocycles. The van der Waals surface area contributed by atoms with E-state index in [0.717, 1.165) is 54.9 Å². The molecule has 1 rings (SSSR count). The van der Waals surface area contributed by atoms with Gasteiger partial charge in [-0.2, -0.15) is 11.6 Å². The second kappa shape index (κ2) is 20.5. The van der Waals surface area contributed by atoms with Gasteiger partial charge in [-0.25, -0.2) is 23.6 Å². The number of likely N-dealkylation sites (N-methyl/N-ethyl adjacent to an activating group) is 1. The molecular formula is C32H46N2O2SY-2. The molecule has 0 saturated carbocycles. The van der Waals surface area contributed by atoms with Gasteiger partial charge in [-0.15, -0.1) is 30.4 Å². The molecule has 4 nitrogen and oxygen atoms in total. The number of hydrogen-bond donors (Lipinski definition) is 0. The van der Waals surface area contributed by atoms with Gasteiger partial charge in [-0.3, -0.25) is 4.79 Å². The number of rotatable bonds is 18. The van der Waals surface area contributed by atoms with E-state index >= 15 is 0 Å². The van der Waals surface area contributed by atoms with Gasteiger partial charge in [0.1, 0.15) is 5.78 Å². The minimum Gasteiger partial charge on any atom is -0.419 e. The number of thiazole rings is 1. The van der Waals surface area contributed by atoms with Crippen molar-refractivity contribution in [2.45, 2.75) is 79.6 Å². The van der Waals surface area contributed by atoms with Crippen molar-refractivity contribution in [2.24, 2.45) is 5.41 Å². The summed E-state index contributed by atoms with van der Waals surface area (Å²) in [5.74, 6) is 0.322. The number of carbonyl (C=O) groups excluding carboxylic acids is 2. The zero-order valence-corrected chi connectivity index (χ0v) is 28.2. The smallest absolute Gasteiger partial charge is 0.133 e. The van der Waals surface area contributed by atoms with Gasteiger partial charge in [0.15, 0.2) is 0 Å². The number of allylic oxidation sites excluding steroid dienone is 9. The number of aryl methyl sites for hydroxylation is 1. The number of hydrogen-bond acceptors (Lipinski definition) is 5. The third-order valence-electron chi connectivity index (χ3n) is 5.78. The van der Waals surface area contributed by atoms with Gasteiger partial charge >= 0.3 is 0 Å². The topological polar surface area (TPSA) is 50.3 Å². The first-order chi connectivity index (χ1) is 17.5. The van der Waals surface area contributed by atoms with Crippen LogP contribution >= 0.6 is 11.3 Å². The maximum Gasteiger partial charge on any atom is 0.133 e. The Labute approximate surface area is 261 Å². The second-order valence-electron chi connectivity index (χ2n) is 10.9. The Morgan fingerprint density at radius 1 is 1.13 bits per heavy atom. The molecule has 0 aliphatic carbocycles. The second-order valence-corrected chi connectivity index (χ2v) is 11.8. The third kappa shape index (κ3) is 18.8. The van der Waals surface area contributed by atoms with Crippen molar-refractivity contribution in [3.05, 3.63) is 81.8 Å². The monoisotopic (exact) mass is 611 g/mol. The normalized spacial score (nSPS) is 13.4. The van der Waals surface area contributed by atoms with Crippen LogP contribution in [0.15, 0.2) is 64.6 Å². The SMILES string of the molecule is CC(/C=C/C(C)=C/CN(C)C)=C\[CH-]Cc1nc(CCCCC(=O)CC(C)(C)C/C(C)=C/C=C\[C-]=O)cs1.[Y]. The van der Waals surface area contributed by atoms with Gasteiger partial charge in [0, 0.05) is 57.5 Å². The Balaban J connectivity index is 0.0000137. The maximum absolute atomic E-state index is 12.5. The third-order valence-corrected chi connectivity index (χ3v) is 6.70. The van der Waals surface area contributed by atoms with E-state index in [0.29, 0.717) is 18.6 Å². The molecule has 0 aliphatic rings. The molecule has 0 bridgehead atoms. The molecule has 0 aromatic carbocycles. The summed E-state index contributed by atoms with van der Waals surface area (Å²) >= 11 is 1.71. The summed E-state index contributed by atoms with van der Waals surface area (Å²) in [7, 11) is 4.14. The average Bonchev–Trinajstić information content (AvgIpc) is 3.26. The molecule has 0 unspecified atom stereocenters. The van der Waals surface area contributed by atoms with Gasteiger partial charge in [0.25, 0.3) is 0 Å². The Morgan fingerprint density at radius 2 is 1.84 bits per heavy atom.